The van der Waals surface area contributed by atoms with Gasteiger partial charge in [-0.15, -0.1) is 0 Å². The van der Waals surface area contributed by atoms with E-state index in [1.165, 1.54) is 0 Å². The fourth-order valence-electron chi connectivity index (χ4n) is 0. The quantitative estimate of drug-likeness (QED) is 0.268. The van der Waals surface area contributed by atoms with Crippen LogP contribution in [-0.4, -0.2) is 17.4 Å². The van der Waals surface area contributed by atoms with Gasteiger partial charge in [-0.25, -0.2) is 0 Å². The van der Waals surface area contributed by atoms with E-state index in [2.05, 4.69) is 0 Å². The van der Waals surface area contributed by atoms with E-state index in [0.717, 1.165) is 0 Å². The van der Waals surface area contributed by atoms with Gasteiger partial charge >= 0.3 is 17.4 Å². The summed E-state index contributed by atoms with van der Waals surface area (Å²) in [5, 5.41) is 0. The van der Waals surface area contributed by atoms with Gasteiger partial charge in [0.05, 0.1) is 0 Å². The number of halogens is 3. The van der Waals surface area contributed by atoms with Crippen molar-refractivity contribution in [2.75, 3.05) is 0 Å². The molecule has 0 amide bonds. The zero-order valence-electron chi connectivity index (χ0n) is 1.71. The van der Waals surface area contributed by atoms with Crippen molar-refractivity contribution in [2.45, 2.75) is 7.43 Å². The average molecular weight is 424 g/mol. The van der Waals surface area contributed by atoms with Crippen molar-refractivity contribution in [1.82, 2.24) is 0 Å². The molecule has 0 aromatic rings. The zero-order valence-corrected chi connectivity index (χ0v) is 9.34. The van der Waals surface area contributed by atoms with Crippen molar-refractivity contribution in [1.29, 1.82) is 0 Å². The summed E-state index contributed by atoms with van der Waals surface area (Å²) in [5.74, 6) is 0. The fraction of sp³-hybridized carbons (Fsp3) is 1.00. The van der Waals surface area contributed by atoms with Gasteiger partial charge in [-0.1, -0.05) is 7.43 Å². The van der Waals surface area contributed by atoms with Crippen LogP contribution in [0, 0.1) is 0 Å². The normalized spacial score (nSPS) is 0. The van der Waals surface area contributed by atoms with Crippen LogP contribution in [0.25, 0.3) is 0 Å². The van der Waals surface area contributed by atoms with Gasteiger partial charge in [0, 0.05) is 0 Å². The predicted octanol–water partition coefficient (Wildman–Crippen LogP) is -8.73. The molecule has 0 aliphatic carbocycles. The molecule has 5 heavy (non-hydrogen) atoms. The molecule has 0 spiro atoms. The Morgan fingerprint density at radius 1 is 0.600 bits per heavy atom. The smallest absolute Gasteiger partial charge is 1.00 e. The van der Waals surface area contributed by atoms with E-state index >= 15 is 0 Å². The molecule has 0 aliphatic rings. The van der Waals surface area contributed by atoms with E-state index in [1.54, 1.807) is 0 Å². The predicted molar refractivity (Wildman–Crippen MR) is 12.5 cm³/mol. The second kappa shape index (κ2) is 29.7. The van der Waals surface area contributed by atoms with Crippen molar-refractivity contribution in [3.63, 3.8) is 0 Å². The Morgan fingerprint density at radius 2 is 0.600 bits per heavy atom. The topological polar surface area (TPSA) is 0 Å². The molecule has 0 unspecified atom stereocenters. The van der Waals surface area contributed by atoms with Gasteiger partial charge in [-0.2, -0.15) is 0 Å². The molecule has 0 N–H and O–H groups in total. The van der Waals surface area contributed by atoms with E-state index in [0.29, 0.717) is 0 Å². The average Bonchev–Trinajstić information content (AvgIpc) is 0. The summed E-state index contributed by atoms with van der Waals surface area (Å²) < 4.78 is 0. The van der Waals surface area contributed by atoms with Gasteiger partial charge < -0.3 is 71.9 Å². The maximum absolute atomic E-state index is 0. The first-order valence-electron chi connectivity index (χ1n) is 0. The number of rotatable bonds is 0. The van der Waals surface area contributed by atoms with Gasteiger partial charge in [-0.3, -0.25) is 0 Å². The summed E-state index contributed by atoms with van der Waals surface area (Å²) in [6.45, 7) is 0. The summed E-state index contributed by atoms with van der Waals surface area (Å²) in [7, 11) is 0. The minimum Gasteiger partial charge on any atom is -1.00 e. The molecular formula is CH4AlI3. The second-order valence-corrected chi connectivity index (χ2v) is 0. The Morgan fingerprint density at radius 3 is 0.600 bits per heavy atom. The summed E-state index contributed by atoms with van der Waals surface area (Å²) >= 11 is 0. The minimum absolute atomic E-state index is 0. The fourth-order valence-corrected chi connectivity index (χ4v) is 0. The van der Waals surface area contributed by atoms with Crippen molar-refractivity contribution in [3.8, 4) is 0 Å². The van der Waals surface area contributed by atoms with Crippen molar-refractivity contribution in [3.05, 3.63) is 0 Å². The van der Waals surface area contributed by atoms with Crippen LogP contribution in [0.4, 0.5) is 0 Å². The molecule has 0 bridgehead atoms. The van der Waals surface area contributed by atoms with Crippen molar-refractivity contribution < 1.29 is 71.9 Å². The first kappa shape index (κ1) is 47.1. The molecule has 0 atom stereocenters. The standard InChI is InChI=1S/CH4.Al.3HI/h1H4;;3*1H/q;+3;;;/p-3. The van der Waals surface area contributed by atoms with Crippen LogP contribution < -0.4 is 71.9 Å². The molecule has 0 heterocycles. The first-order chi connectivity index (χ1) is 0. The summed E-state index contributed by atoms with van der Waals surface area (Å²) in [6, 6.07) is 0. The summed E-state index contributed by atoms with van der Waals surface area (Å²) in [6.07, 6.45) is 0. The SMILES string of the molecule is C.[Al+3].[I-].[I-].[I-]. The summed E-state index contributed by atoms with van der Waals surface area (Å²) in [4.78, 5) is 0. The van der Waals surface area contributed by atoms with E-state index in [-0.39, 0.29) is 96.7 Å². The van der Waals surface area contributed by atoms with E-state index in [4.69, 9.17) is 0 Å². The Kier molecular flexibility index (Phi) is 280. The Hall–Kier alpha value is 2.72. The Balaban J connectivity index is 0. The molecule has 0 saturated carbocycles. The third-order valence-electron chi connectivity index (χ3n) is 0. The van der Waals surface area contributed by atoms with Gasteiger partial charge in [0.1, 0.15) is 0 Å². The van der Waals surface area contributed by atoms with Gasteiger partial charge in [-0.05, 0) is 0 Å². The maximum atomic E-state index is 0. The van der Waals surface area contributed by atoms with Gasteiger partial charge in [0.25, 0.3) is 0 Å². The van der Waals surface area contributed by atoms with Crippen LogP contribution in [0.2, 0.25) is 0 Å². The Labute approximate surface area is 95.0 Å². The molecule has 4 heteroatoms. The van der Waals surface area contributed by atoms with Crippen molar-refractivity contribution in [2.24, 2.45) is 0 Å². The molecular weight excluding hydrogens is 420 g/mol. The number of hydrogen-bond donors (Lipinski definition) is 0. The molecule has 0 radical (unpaired) electrons. The van der Waals surface area contributed by atoms with Crippen LogP contribution in [0.3, 0.4) is 0 Å². The molecule has 32 valence electrons. The molecule has 0 aliphatic heterocycles. The van der Waals surface area contributed by atoms with E-state index < -0.39 is 0 Å². The van der Waals surface area contributed by atoms with Gasteiger partial charge in [0.2, 0.25) is 0 Å². The second-order valence-electron chi connectivity index (χ2n) is 0. The van der Waals surface area contributed by atoms with Crippen molar-refractivity contribution >= 4 is 17.4 Å². The Bertz CT molecular complexity index is 6.85. The zero-order chi connectivity index (χ0) is 0. The largest absolute Gasteiger partial charge is 3.00 e. The minimum atomic E-state index is 0. The van der Waals surface area contributed by atoms with Gasteiger partial charge in [0.15, 0.2) is 0 Å². The third kappa shape index (κ3) is 20.2. The molecule has 0 saturated heterocycles. The molecule has 0 aromatic carbocycles. The van der Waals surface area contributed by atoms with E-state index in [1.807, 2.05) is 0 Å². The third-order valence-corrected chi connectivity index (χ3v) is 0. The number of hydrogen-bond acceptors (Lipinski definition) is 0. The molecule has 0 nitrogen and oxygen atoms in total. The molecule has 0 rings (SSSR count). The monoisotopic (exact) mass is 424 g/mol. The van der Waals surface area contributed by atoms with Crippen LogP contribution >= 0.6 is 0 Å². The summed E-state index contributed by atoms with van der Waals surface area (Å²) in [5.41, 5.74) is 0. The van der Waals surface area contributed by atoms with Crippen LogP contribution in [0.1, 0.15) is 7.43 Å². The molecule has 0 aromatic heterocycles. The van der Waals surface area contributed by atoms with Crippen LogP contribution in [0.5, 0.6) is 0 Å². The molecule has 0 fully saturated rings. The first-order valence-corrected chi connectivity index (χ1v) is 0. The van der Waals surface area contributed by atoms with E-state index in [9.17, 15) is 0 Å². The van der Waals surface area contributed by atoms with Crippen LogP contribution in [-0.2, 0) is 0 Å². The van der Waals surface area contributed by atoms with Crippen LogP contribution in [0.15, 0.2) is 0 Å². The maximum Gasteiger partial charge on any atom is 3.00 e.